The van der Waals surface area contributed by atoms with Gasteiger partial charge in [0.15, 0.2) is 6.61 Å². The van der Waals surface area contributed by atoms with Crippen molar-refractivity contribution >= 4 is 29.6 Å². The molecular formula is C22H23F3N4O4. The average Bonchev–Trinajstić information content (AvgIpc) is 2.78. The van der Waals surface area contributed by atoms with Gasteiger partial charge in [-0.25, -0.2) is 5.43 Å². The highest BCUT2D eigenvalue weighted by molar-refractivity contribution is 6.35. The van der Waals surface area contributed by atoms with Crippen molar-refractivity contribution in [3.05, 3.63) is 59.7 Å². The Morgan fingerprint density at radius 3 is 2.45 bits per heavy atom. The fourth-order valence-corrected chi connectivity index (χ4v) is 2.44. The lowest BCUT2D eigenvalue weighted by Crippen LogP contribution is -2.38. The first-order valence-electron chi connectivity index (χ1n) is 10.00. The molecule has 3 amide bonds. The molecule has 2 aromatic carbocycles. The molecule has 0 saturated heterocycles. The summed E-state index contributed by atoms with van der Waals surface area (Å²) in [5, 5.41) is 8.50. The number of rotatable bonds is 9. The van der Waals surface area contributed by atoms with Crippen molar-refractivity contribution in [2.75, 3.05) is 18.5 Å². The molecule has 0 atom stereocenters. The monoisotopic (exact) mass is 464 g/mol. The highest BCUT2D eigenvalue weighted by atomic mass is 19.4. The number of hydrazone groups is 1. The van der Waals surface area contributed by atoms with Crippen molar-refractivity contribution in [3.8, 4) is 5.75 Å². The largest absolute Gasteiger partial charge is 0.484 e. The third kappa shape index (κ3) is 9.01. The predicted molar refractivity (Wildman–Crippen MR) is 116 cm³/mol. The number of hydrogen-bond donors (Lipinski definition) is 3. The Balaban J connectivity index is 1.79. The van der Waals surface area contributed by atoms with Crippen molar-refractivity contribution in [2.24, 2.45) is 5.10 Å². The van der Waals surface area contributed by atoms with E-state index in [0.717, 1.165) is 25.0 Å². The second-order valence-corrected chi connectivity index (χ2v) is 6.79. The number of nitrogens with zero attached hydrogens (tertiary/aromatic N) is 1. The highest BCUT2D eigenvalue weighted by Gasteiger charge is 2.30. The molecule has 0 saturated carbocycles. The highest BCUT2D eigenvalue weighted by Crippen LogP contribution is 2.30. The van der Waals surface area contributed by atoms with Crippen LogP contribution in [0.5, 0.6) is 5.75 Å². The number of benzene rings is 2. The Morgan fingerprint density at radius 1 is 1.06 bits per heavy atom. The Bertz CT molecular complexity index is 992. The standard InChI is InChI=1S/C22H23F3N4O4/c1-2-3-11-26-20(31)21(32)29-27-13-15-7-9-18(10-8-15)33-14-19(30)28-17-6-4-5-16(12-17)22(23,24)25/h4-10,12-13H,2-3,11,14H2,1H3,(H,26,31)(H,28,30)(H,29,32)/b27-13-. The number of ether oxygens (including phenoxy) is 1. The topological polar surface area (TPSA) is 109 Å². The van der Waals surface area contributed by atoms with Gasteiger partial charge in [0.1, 0.15) is 5.75 Å². The average molecular weight is 464 g/mol. The third-order valence-electron chi connectivity index (χ3n) is 4.13. The Kier molecular flexibility index (Phi) is 9.40. The summed E-state index contributed by atoms with van der Waals surface area (Å²) in [6, 6.07) is 10.5. The van der Waals surface area contributed by atoms with Gasteiger partial charge in [0, 0.05) is 12.2 Å². The molecule has 0 spiro atoms. The molecule has 0 heterocycles. The van der Waals surface area contributed by atoms with Crippen LogP contribution in [0.4, 0.5) is 18.9 Å². The Morgan fingerprint density at radius 2 is 1.79 bits per heavy atom. The smallest absolute Gasteiger partial charge is 0.416 e. The number of carbonyl (C=O) groups is 3. The minimum Gasteiger partial charge on any atom is -0.484 e. The molecule has 0 aliphatic carbocycles. The van der Waals surface area contributed by atoms with E-state index in [1.54, 1.807) is 12.1 Å². The molecule has 0 aliphatic heterocycles. The quantitative estimate of drug-likeness (QED) is 0.229. The summed E-state index contributed by atoms with van der Waals surface area (Å²) >= 11 is 0. The van der Waals surface area contributed by atoms with Crippen LogP contribution in [0.2, 0.25) is 0 Å². The molecular weight excluding hydrogens is 441 g/mol. The Labute approximate surface area is 188 Å². The van der Waals surface area contributed by atoms with E-state index in [0.29, 0.717) is 17.9 Å². The van der Waals surface area contributed by atoms with E-state index >= 15 is 0 Å². The first-order chi connectivity index (χ1) is 15.7. The normalized spacial score (nSPS) is 11.2. The zero-order valence-corrected chi connectivity index (χ0v) is 17.7. The molecule has 2 rings (SSSR count). The third-order valence-corrected chi connectivity index (χ3v) is 4.13. The summed E-state index contributed by atoms with van der Waals surface area (Å²) in [7, 11) is 0. The fraction of sp³-hybridized carbons (Fsp3) is 0.273. The Hall–Kier alpha value is -3.89. The van der Waals surface area contributed by atoms with Gasteiger partial charge in [-0.3, -0.25) is 14.4 Å². The molecule has 0 unspecified atom stereocenters. The summed E-state index contributed by atoms with van der Waals surface area (Å²) in [4.78, 5) is 35.0. The minimum absolute atomic E-state index is 0.00563. The molecule has 2 aromatic rings. The first kappa shape index (κ1) is 25.4. The summed E-state index contributed by atoms with van der Waals surface area (Å²) in [6.45, 7) is 1.96. The number of hydrogen-bond acceptors (Lipinski definition) is 5. The van der Waals surface area contributed by atoms with Crippen molar-refractivity contribution in [1.29, 1.82) is 0 Å². The van der Waals surface area contributed by atoms with E-state index in [2.05, 4.69) is 21.2 Å². The van der Waals surface area contributed by atoms with Crippen molar-refractivity contribution in [1.82, 2.24) is 10.7 Å². The van der Waals surface area contributed by atoms with Crippen LogP contribution in [0.3, 0.4) is 0 Å². The van der Waals surface area contributed by atoms with Crippen LogP contribution >= 0.6 is 0 Å². The number of nitrogens with one attached hydrogen (secondary N) is 3. The van der Waals surface area contributed by atoms with Crippen molar-refractivity contribution in [2.45, 2.75) is 25.9 Å². The minimum atomic E-state index is -4.51. The second kappa shape index (κ2) is 12.2. The van der Waals surface area contributed by atoms with Gasteiger partial charge < -0.3 is 15.4 Å². The van der Waals surface area contributed by atoms with Crippen LogP contribution in [0, 0.1) is 0 Å². The van der Waals surface area contributed by atoms with E-state index in [9.17, 15) is 27.6 Å². The van der Waals surface area contributed by atoms with Crippen LogP contribution in [-0.4, -0.2) is 37.1 Å². The lowest BCUT2D eigenvalue weighted by Gasteiger charge is -2.10. The molecule has 11 heteroatoms. The van der Waals surface area contributed by atoms with Gasteiger partial charge in [-0.05, 0) is 54.4 Å². The molecule has 8 nitrogen and oxygen atoms in total. The number of carbonyl (C=O) groups excluding carboxylic acids is 3. The lowest BCUT2D eigenvalue weighted by atomic mass is 10.2. The maximum atomic E-state index is 12.7. The molecule has 0 radical (unpaired) electrons. The number of unbranched alkanes of at least 4 members (excludes halogenated alkanes) is 1. The van der Waals surface area contributed by atoms with Gasteiger partial charge in [0.25, 0.3) is 5.91 Å². The summed E-state index contributed by atoms with van der Waals surface area (Å²) in [6.07, 6.45) is -1.53. The van der Waals surface area contributed by atoms with Crippen LogP contribution < -0.4 is 20.8 Å². The molecule has 0 aliphatic rings. The van der Waals surface area contributed by atoms with Gasteiger partial charge in [0.2, 0.25) is 0 Å². The van der Waals surface area contributed by atoms with Crippen LogP contribution in [0.15, 0.2) is 53.6 Å². The molecule has 33 heavy (non-hydrogen) atoms. The van der Waals surface area contributed by atoms with E-state index in [1.807, 2.05) is 6.92 Å². The van der Waals surface area contributed by atoms with Crippen LogP contribution in [-0.2, 0) is 20.6 Å². The van der Waals surface area contributed by atoms with Gasteiger partial charge >= 0.3 is 18.0 Å². The van der Waals surface area contributed by atoms with Crippen LogP contribution in [0.25, 0.3) is 0 Å². The van der Waals surface area contributed by atoms with Crippen LogP contribution in [0.1, 0.15) is 30.9 Å². The molecule has 0 aromatic heterocycles. The number of amides is 3. The first-order valence-corrected chi connectivity index (χ1v) is 10.00. The van der Waals surface area contributed by atoms with Crippen molar-refractivity contribution < 1.29 is 32.3 Å². The SMILES string of the molecule is CCCCNC(=O)C(=O)N/N=C\c1ccc(OCC(=O)Nc2cccc(C(F)(F)F)c2)cc1. The molecule has 0 bridgehead atoms. The van der Waals surface area contributed by atoms with E-state index < -0.39 is 36.1 Å². The maximum absolute atomic E-state index is 12.7. The van der Waals surface area contributed by atoms with Gasteiger partial charge in [-0.15, -0.1) is 0 Å². The number of anilines is 1. The summed E-state index contributed by atoms with van der Waals surface area (Å²) < 4.78 is 43.5. The van der Waals surface area contributed by atoms with E-state index in [4.69, 9.17) is 4.74 Å². The zero-order chi connectivity index (χ0) is 24.3. The number of alkyl halides is 3. The van der Waals surface area contributed by atoms with Gasteiger partial charge in [-0.1, -0.05) is 19.4 Å². The lowest BCUT2D eigenvalue weighted by molar-refractivity contribution is -0.139. The molecule has 3 N–H and O–H groups in total. The van der Waals surface area contributed by atoms with Gasteiger partial charge in [0.05, 0.1) is 11.8 Å². The predicted octanol–water partition coefficient (Wildman–Crippen LogP) is 3.09. The zero-order valence-electron chi connectivity index (χ0n) is 17.7. The summed E-state index contributed by atoms with van der Waals surface area (Å²) in [5.74, 6) is -1.94. The maximum Gasteiger partial charge on any atom is 0.416 e. The molecule has 0 fully saturated rings. The van der Waals surface area contributed by atoms with Crippen molar-refractivity contribution in [3.63, 3.8) is 0 Å². The van der Waals surface area contributed by atoms with E-state index in [-0.39, 0.29) is 5.69 Å². The van der Waals surface area contributed by atoms with E-state index in [1.165, 1.54) is 30.5 Å². The van der Waals surface area contributed by atoms with Gasteiger partial charge in [-0.2, -0.15) is 18.3 Å². The second-order valence-electron chi connectivity index (χ2n) is 6.79. The summed E-state index contributed by atoms with van der Waals surface area (Å²) in [5.41, 5.74) is 1.84. The molecule has 176 valence electrons. The fourth-order valence-electron chi connectivity index (χ4n) is 2.44. The number of halogens is 3.